The third kappa shape index (κ3) is 2.36. The number of ether oxygens (including phenoxy) is 1. The number of benzene rings is 1. The number of hydrogen-bond acceptors (Lipinski definition) is 3. The lowest BCUT2D eigenvalue weighted by atomic mass is 9.71. The first kappa shape index (κ1) is 12.6. The molecule has 2 atom stereocenters. The minimum Gasteiger partial charge on any atom is -0.501 e. The standard InChI is InChI=1S/C14H16O.CHNO/c1-15-14-7-6-10-8-11-4-2-3-5-12(11)13(14)9-10;2-1-3/h2-5,7,10,13H,6,8-9H2,1H3;2H/t10?,13-;/m1./s1. The van der Waals surface area contributed by atoms with Crippen LogP contribution in [-0.2, 0) is 16.0 Å². The van der Waals surface area contributed by atoms with Gasteiger partial charge in [-0.25, -0.2) is 10.2 Å². The second kappa shape index (κ2) is 5.65. The second-order valence-corrected chi connectivity index (χ2v) is 4.71. The maximum absolute atomic E-state index is 8.35. The Labute approximate surface area is 107 Å². The van der Waals surface area contributed by atoms with Gasteiger partial charge >= 0.3 is 0 Å². The topological polar surface area (TPSA) is 50.1 Å². The zero-order valence-corrected chi connectivity index (χ0v) is 10.5. The van der Waals surface area contributed by atoms with E-state index in [0.29, 0.717) is 5.92 Å². The van der Waals surface area contributed by atoms with Crippen LogP contribution in [-0.4, -0.2) is 13.2 Å². The van der Waals surface area contributed by atoms with Gasteiger partial charge in [0.2, 0.25) is 6.08 Å². The normalized spacial score (nSPS) is 23.7. The minimum absolute atomic E-state index is 0.527. The zero-order valence-electron chi connectivity index (χ0n) is 10.5. The monoisotopic (exact) mass is 243 g/mol. The zero-order chi connectivity index (χ0) is 13.0. The van der Waals surface area contributed by atoms with Crippen molar-refractivity contribution in [2.45, 2.75) is 25.2 Å². The highest BCUT2D eigenvalue weighted by Crippen LogP contribution is 2.44. The molecule has 1 unspecified atom stereocenters. The molecule has 0 fully saturated rings. The van der Waals surface area contributed by atoms with Crippen molar-refractivity contribution < 1.29 is 9.53 Å². The molecule has 1 aromatic rings. The number of isocyanates is 1. The van der Waals surface area contributed by atoms with Crippen molar-refractivity contribution in [1.82, 2.24) is 0 Å². The van der Waals surface area contributed by atoms with E-state index >= 15 is 0 Å². The SMILES string of the molecule is COC1=CCC2Cc3ccccc3[C@H]1C2.N=C=O. The molecule has 0 spiro atoms. The van der Waals surface area contributed by atoms with Gasteiger partial charge < -0.3 is 4.74 Å². The second-order valence-electron chi connectivity index (χ2n) is 4.71. The number of hydrogen-bond donors (Lipinski definition) is 1. The molecule has 1 N–H and O–H groups in total. The Morgan fingerprint density at radius 1 is 1.39 bits per heavy atom. The third-order valence-electron chi connectivity index (χ3n) is 3.74. The van der Waals surface area contributed by atoms with Crippen LogP contribution < -0.4 is 0 Å². The van der Waals surface area contributed by atoms with Crippen LogP contribution in [0.5, 0.6) is 0 Å². The van der Waals surface area contributed by atoms with Crippen LogP contribution in [0.1, 0.15) is 29.9 Å². The van der Waals surface area contributed by atoms with Crippen molar-refractivity contribution in [1.29, 1.82) is 5.41 Å². The average Bonchev–Trinajstić information content (AvgIpc) is 2.40. The molecule has 0 radical (unpaired) electrons. The Kier molecular flexibility index (Phi) is 3.96. The van der Waals surface area contributed by atoms with Crippen LogP contribution in [0.25, 0.3) is 0 Å². The summed E-state index contributed by atoms with van der Waals surface area (Å²) in [7, 11) is 1.80. The van der Waals surface area contributed by atoms with Crippen molar-refractivity contribution >= 4 is 6.08 Å². The maximum Gasteiger partial charge on any atom is 0.231 e. The molecule has 3 heteroatoms. The Morgan fingerprint density at radius 3 is 2.83 bits per heavy atom. The smallest absolute Gasteiger partial charge is 0.231 e. The molecule has 18 heavy (non-hydrogen) atoms. The minimum atomic E-state index is 0.527. The Bertz CT molecular complexity index is 487. The molecule has 3 rings (SSSR count). The number of carbonyl (C=O) groups excluding carboxylic acids is 1. The summed E-state index contributed by atoms with van der Waals surface area (Å²) in [4.78, 5) is 8.35. The molecule has 1 aromatic carbocycles. The molecule has 0 saturated carbocycles. The summed E-state index contributed by atoms with van der Waals surface area (Å²) in [5.41, 5.74) is 3.02. The van der Waals surface area contributed by atoms with E-state index in [2.05, 4.69) is 30.3 Å². The molecule has 0 saturated heterocycles. The van der Waals surface area contributed by atoms with Gasteiger partial charge in [0.1, 0.15) is 0 Å². The van der Waals surface area contributed by atoms with Crippen LogP contribution in [0.4, 0.5) is 0 Å². The average molecular weight is 243 g/mol. The molecule has 0 aliphatic heterocycles. The Balaban J connectivity index is 0.000000367. The largest absolute Gasteiger partial charge is 0.501 e. The molecule has 3 nitrogen and oxygen atoms in total. The lowest BCUT2D eigenvalue weighted by Gasteiger charge is -2.35. The van der Waals surface area contributed by atoms with E-state index in [1.165, 1.54) is 36.1 Å². The van der Waals surface area contributed by atoms with E-state index in [-0.39, 0.29) is 0 Å². The highest BCUT2D eigenvalue weighted by molar-refractivity contribution is 5.39. The number of methoxy groups -OCH3 is 1. The molecule has 2 bridgehead atoms. The predicted molar refractivity (Wildman–Crippen MR) is 69.1 cm³/mol. The van der Waals surface area contributed by atoms with Crippen LogP contribution >= 0.6 is 0 Å². The van der Waals surface area contributed by atoms with Crippen LogP contribution in [0.3, 0.4) is 0 Å². The van der Waals surface area contributed by atoms with Crippen molar-refractivity contribution in [3.05, 3.63) is 47.2 Å². The number of rotatable bonds is 1. The maximum atomic E-state index is 8.35. The highest BCUT2D eigenvalue weighted by Gasteiger charge is 2.32. The Morgan fingerprint density at radius 2 is 2.11 bits per heavy atom. The van der Waals surface area contributed by atoms with E-state index in [1.807, 2.05) is 0 Å². The molecule has 0 amide bonds. The number of nitrogens with one attached hydrogen (secondary N) is 1. The number of allylic oxidation sites excluding steroid dienone is 2. The fraction of sp³-hybridized carbons (Fsp3) is 0.400. The first-order valence-electron chi connectivity index (χ1n) is 6.15. The summed E-state index contributed by atoms with van der Waals surface area (Å²) in [6, 6.07) is 8.82. The first-order chi connectivity index (χ1) is 8.80. The summed E-state index contributed by atoms with van der Waals surface area (Å²) >= 11 is 0. The van der Waals surface area contributed by atoms with Gasteiger partial charge in [0.25, 0.3) is 0 Å². The predicted octanol–water partition coefficient (Wildman–Crippen LogP) is 3.17. The Hall–Kier alpha value is -1.86. The van der Waals surface area contributed by atoms with Gasteiger partial charge in [-0.3, -0.25) is 0 Å². The van der Waals surface area contributed by atoms with Gasteiger partial charge in [0.15, 0.2) is 0 Å². The van der Waals surface area contributed by atoms with Crippen molar-refractivity contribution in [2.75, 3.05) is 7.11 Å². The van der Waals surface area contributed by atoms with Gasteiger partial charge in [-0.2, -0.15) is 0 Å². The van der Waals surface area contributed by atoms with Gasteiger partial charge in [-0.15, -0.1) is 0 Å². The van der Waals surface area contributed by atoms with E-state index in [1.54, 1.807) is 7.11 Å². The summed E-state index contributed by atoms with van der Waals surface area (Å²) in [5, 5.41) is 5.40. The van der Waals surface area contributed by atoms with Gasteiger partial charge in [0, 0.05) is 5.92 Å². The summed E-state index contributed by atoms with van der Waals surface area (Å²) in [6.45, 7) is 0. The lowest BCUT2D eigenvalue weighted by molar-refractivity contribution is 0.227. The van der Waals surface area contributed by atoms with E-state index < -0.39 is 0 Å². The van der Waals surface area contributed by atoms with Crippen molar-refractivity contribution in [3.8, 4) is 0 Å². The molecule has 94 valence electrons. The molecule has 2 aliphatic rings. The third-order valence-corrected chi connectivity index (χ3v) is 3.74. The molecular formula is C15H17NO2. The molecule has 2 aliphatic carbocycles. The van der Waals surface area contributed by atoms with Gasteiger partial charge in [0.05, 0.1) is 12.9 Å². The summed E-state index contributed by atoms with van der Waals surface area (Å²) in [5.74, 6) is 2.54. The summed E-state index contributed by atoms with van der Waals surface area (Å²) in [6.07, 6.45) is 6.75. The molecule has 0 aromatic heterocycles. The quantitative estimate of drug-likeness (QED) is 0.608. The fourth-order valence-corrected chi connectivity index (χ4v) is 3.01. The van der Waals surface area contributed by atoms with Crippen LogP contribution in [0, 0.1) is 11.3 Å². The van der Waals surface area contributed by atoms with E-state index in [4.69, 9.17) is 14.9 Å². The highest BCUT2D eigenvalue weighted by atomic mass is 16.5. The van der Waals surface area contributed by atoms with Crippen LogP contribution in [0.15, 0.2) is 36.1 Å². The van der Waals surface area contributed by atoms with Crippen LogP contribution in [0.2, 0.25) is 0 Å². The fourth-order valence-electron chi connectivity index (χ4n) is 3.01. The van der Waals surface area contributed by atoms with Gasteiger partial charge in [-0.05, 0) is 42.4 Å². The van der Waals surface area contributed by atoms with Gasteiger partial charge in [-0.1, -0.05) is 24.3 Å². The molecule has 0 heterocycles. The van der Waals surface area contributed by atoms with E-state index in [9.17, 15) is 0 Å². The van der Waals surface area contributed by atoms with Crippen molar-refractivity contribution in [2.24, 2.45) is 5.92 Å². The first-order valence-corrected chi connectivity index (χ1v) is 6.15. The number of fused-ring (bicyclic) bond motifs is 4. The lowest BCUT2D eigenvalue weighted by Crippen LogP contribution is -2.23. The van der Waals surface area contributed by atoms with E-state index in [0.717, 1.165) is 12.0 Å². The summed E-state index contributed by atoms with van der Waals surface area (Å²) < 4.78 is 5.49. The van der Waals surface area contributed by atoms with Crippen molar-refractivity contribution in [3.63, 3.8) is 0 Å². The molecular weight excluding hydrogens is 226 g/mol.